The van der Waals surface area contributed by atoms with E-state index in [0.29, 0.717) is 0 Å². The molecule has 0 aliphatic carbocycles. The minimum absolute atomic E-state index is 0.112. The quantitative estimate of drug-likeness (QED) is 0.559. The van der Waals surface area contributed by atoms with Gasteiger partial charge in [0.25, 0.3) is 0 Å². The minimum atomic E-state index is -0.112. The summed E-state index contributed by atoms with van der Waals surface area (Å²) in [5, 5.41) is 8.96. The van der Waals surface area contributed by atoms with Crippen molar-refractivity contribution in [3.8, 4) is 17.6 Å². The van der Waals surface area contributed by atoms with E-state index < -0.39 is 0 Å². The van der Waals surface area contributed by atoms with E-state index in [1.54, 1.807) is 24.3 Å². The smallest absolute Gasteiger partial charge is 0.115 e. The van der Waals surface area contributed by atoms with Crippen LogP contribution in [0.2, 0.25) is 0 Å². The highest BCUT2D eigenvalue weighted by molar-refractivity contribution is 5.38. The summed E-state index contributed by atoms with van der Waals surface area (Å²) in [5.41, 5.74) is 6.31. The molecule has 1 aromatic rings. The molecule has 0 aliphatic heterocycles. The van der Waals surface area contributed by atoms with Gasteiger partial charge in [-0.25, -0.2) is 0 Å². The van der Waals surface area contributed by atoms with E-state index in [1.807, 2.05) is 6.92 Å². The molecular weight excluding hydrogens is 150 g/mol. The van der Waals surface area contributed by atoms with Crippen molar-refractivity contribution in [3.63, 3.8) is 0 Å². The van der Waals surface area contributed by atoms with Crippen molar-refractivity contribution in [1.82, 2.24) is 0 Å². The Kier molecular flexibility index (Phi) is 2.73. The molecule has 0 heterocycles. The van der Waals surface area contributed by atoms with E-state index in [4.69, 9.17) is 10.8 Å². The van der Waals surface area contributed by atoms with Crippen LogP contribution in [0.1, 0.15) is 12.5 Å². The Balaban J connectivity index is 2.79. The Morgan fingerprint density at radius 2 is 1.92 bits per heavy atom. The van der Waals surface area contributed by atoms with Crippen LogP contribution in [0.3, 0.4) is 0 Å². The van der Waals surface area contributed by atoms with Crippen LogP contribution in [0.25, 0.3) is 0 Å². The summed E-state index contributed by atoms with van der Waals surface area (Å²) in [7, 11) is 0. The minimum Gasteiger partial charge on any atom is -0.508 e. The predicted molar refractivity (Wildman–Crippen MR) is 48.6 cm³/mol. The standard InChI is InChI=1S/C10H11NO/c1-8(11)2-3-9-4-6-10(12)7-5-9/h4-8,12H,11H2,1H3. The van der Waals surface area contributed by atoms with Crippen LogP contribution in [-0.4, -0.2) is 11.1 Å². The van der Waals surface area contributed by atoms with Gasteiger partial charge in [0, 0.05) is 5.56 Å². The van der Waals surface area contributed by atoms with Crippen LogP contribution in [0.5, 0.6) is 5.75 Å². The molecule has 0 fully saturated rings. The van der Waals surface area contributed by atoms with Gasteiger partial charge in [-0.3, -0.25) is 0 Å². The molecule has 0 spiro atoms. The zero-order valence-corrected chi connectivity index (χ0v) is 6.91. The lowest BCUT2D eigenvalue weighted by Crippen LogP contribution is -2.10. The second-order valence-electron chi connectivity index (χ2n) is 2.60. The number of phenols is 1. The first-order chi connectivity index (χ1) is 5.68. The van der Waals surface area contributed by atoms with Crippen molar-refractivity contribution >= 4 is 0 Å². The molecule has 0 bridgehead atoms. The first kappa shape index (κ1) is 8.63. The van der Waals surface area contributed by atoms with Gasteiger partial charge in [0.1, 0.15) is 5.75 Å². The Morgan fingerprint density at radius 1 is 1.33 bits per heavy atom. The van der Waals surface area contributed by atoms with Crippen LogP contribution >= 0.6 is 0 Å². The van der Waals surface area contributed by atoms with Crippen LogP contribution < -0.4 is 5.73 Å². The first-order valence-electron chi connectivity index (χ1n) is 3.74. The molecular formula is C10H11NO. The molecule has 0 aliphatic rings. The molecule has 0 aromatic heterocycles. The third-order valence-electron chi connectivity index (χ3n) is 1.31. The summed E-state index contributed by atoms with van der Waals surface area (Å²) in [6, 6.07) is 6.60. The lowest BCUT2D eigenvalue weighted by atomic mass is 10.2. The number of rotatable bonds is 0. The number of hydrogen-bond acceptors (Lipinski definition) is 2. The SMILES string of the molecule is CC(N)C#Cc1ccc(O)cc1. The molecule has 1 unspecified atom stereocenters. The number of nitrogens with two attached hydrogens (primary N) is 1. The number of benzene rings is 1. The summed E-state index contributed by atoms with van der Waals surface area (Å²) in [6.07, 6.45) is 0. The van der Waals surface area contributed by atoms with E-state index in [1.165, 1.54) is 0 Å². The lowest BCUT2D eigenvalue weighted by Gasteiger charge is -1.92. The fourth-order valence-corrected chi connectivity index (χ4v) is 0.742. The average molecular weight is 161 g/mol. The normalized spacial score (nSPS) is 11.5. The molecule has 62 valence electrons. The van der Waals surface area contributed by atoms with E-state index in [2.05, 4.69) is 11.8 Å². The number of phenolic OH excluding ortho intramolecular Hbond substituents is 1. The van der Waals surface area contributed by atoms with E-state index >= 15 is 0 Å². The zero-order valence-electron chi connectivity index (χ0n) is 6.91. The van der Waals surface area contributed by atoms with Crippen molar-refractivity contribution in [2.24, 2.45) is 5.73 Å². The van der Waals surface area contributed by atoms with Crippen molar-refractivity contribution in [2.45, 2.75) is 13.0 Å². The molecule has 1 atom stereocenters. The summed E-state index contributed by atoms with van der Waals surface area (Å²) < 4.78 is 0. The highest BCUT2D eigenvalue weighted by atomic mass is 16.3. The van der Waals surface area contributed by atoms with Crippen molar-refractivity contribution < 1.29 is 5.11 Å². The van der Waals surface area contributed by atoms with Crippen LogP contribution in [-0.2, 0) is 0 Å². The maximum Gasteiger partial charge on any atom is 0.115 e. The molecule has 2 nitrogen and oxygen atoms in total. The van der Waals surface area contributed by atoms with E-state index in [-0.39, 0.29) is 11.8 Å². The number of hydrogen-bond donors (Lipinski definition) is 2. The third kappa shape index (κ3) is 2.65. The predicted octanol–water partition coefficient (Wildman–Crippen LogP) is 1.09. The Bertz CT molecular complexity index is 303. The van der Waals surface area contributed by atoms with Gasteiger partial charge >= 0.3 is 0 Å². The average Bonchev–Trinajstić information content (AvgIpc) is 2.03. The summed E-state index contributed by atoms with van der Waals surface area (Å²) >= 11 is 0. The fraction of sp³-hybridized carbons (Fsp3) is 0.200. The molecule has 0 saturated heterocycles. The molecule has 1 aromatic carbocycles. The van der Waals surface area contributed by atoms with Gasteiger partial charge in [0.15, 0.2) is 0 Å². The van der Waals surface area contributed by atoms with Gasteiger partial charge in [-0.15, -0.1) is 0 Å². The Hall–Kier alpha value is -1.46. The fourth-order valence-electron chi connectivity index (χ4n) is 0.742. The molecule has 1 rings (SSSR count). The summed E-state index contributed by atoms with van der Waals surface area (Å²) in [5.74, 6) is 5.96. The summed E-state index contributed by atoms with van der Waals surface area (Å²) in [4.78, 5) is 0. The molecule has 0 amide bonds. The topological polar surface area (TPSA) is 46.2 Å². The first-order valence-corrected chi connectivity index (χ1v) is 3.74. The number of aromatic hydroxyl groups is 1. The van der Waals surface area contributed by atoms with E-state index in [0.717, 1.165) is 5.56 Å². The van der Waals surface area contributed by atoms with Gasteiger partial charge in [0.05, 0.1) is 6.04 Å². The second-order valence-corrected chi connectivity index (χ2v) is 2.60. The Labute approximate surface area is 72.0 Å². The monoisotopic (exact) mass is 161 g/mol. The highest BCUT2D eigenvalue weighted by Gasteiger charge is 1.87. The van der Waals surface area contributed by atoms with Crippen molar-refractivity contribution in [1.29, 1.82) is 0 Å². The van der Waals surface area contributed by atoms with Crippen LogP contribution in [0.15, 0.2) is 24.3 Å². The molecule has 0 saturated carbocycles. The van der Waals surface area contributed by atoms with Crippen molar-refractivity contribution in [2.75, 3.05) is 0 Å². The van der Waals surface area contributed by atoms with Gasteiger partial charge < -0.3 is 10.8 Å². The van der Waals surface area contributed by atoms with Crippen LogP contribution in [0.4, 0.5) is 0 Å². The lowest BCUT2D eigenvalue weighted by molar-refractivity contribution is 0.475. The van der Waals surface area contributed by atoms with Gasteiger partial charge in [0.2, 0.25) is 0 Å². The molecule has 12 heavy (non-hydrogen) atoms. The van der Waals surface area contributed by atoms with E-state index in [9.17, 15) is 0 Å². The maximum atomic E-state index is 8.96. The zero-order chi connectivity index (χ0) is 8.97. The van der Waals surface area contributed by atoms with Gasteiger partial charge in [-0.1, -0.05) is 11.8 Å². The van der Waals surface area contributed by atoms with Gasteiger partial charge in [-0.05, 0) is 31.2 Å². The van der Waals surface area contributed by atoms with Crippen LogP contribution in [0, 0.1) is 11.8 Å². The largest absolute Gasteiger partial charge is 0.508 e. The maximum absolute atomic E-state index is 8.96. The molecule has 3 N–H and O–H groups in total. The summed E-state index contributed by atoms with van der Waals surface area (Å²) in [6.45, 7) is 1.83. The van der Waals surface area contributed by atoms with Crippen molar-refractivity contribution in [3.05, 3.63) is 29.8 Å². The highest BCUT2D eigenvalue weighted by Crippen LogP contribution is 2.08. The Morgan fingerprint density at radius 3 is 2.42 bits per heavy atom. The third-order valence-corrected chi connectivity index (χ3v) is 1.31. The molecule has 2 heteroatoms. The molecule has 0 radical (unpaired) electrons. The second kappa shape index (κ2) is 3.80. The van der Waals surface area contributed by atoms with Gasteiger partial charge in [-0.2, -0.15) is 0 Å².